The van der Waals surface area contributed by atoms with Crippen LogP contribution in [0.2, 0.25) is 0 Å². The Labute approximate surface area is 74.2 Å². The van der Waals surface area contributed by atoms with Gasteiger partial charge in [0.15, 0.2) is 12.0 Å². The van der Waals surface area contributed by atoms with Crippen molar-refractivity contribution in [3.05, 3.63) is 23.2 Å². The summed E-state index contributed by atoms with van der Waals surface area (Å²) in [4.78, 5) is 21.2. The molecule has 13 heavy (non-hydrogen) atoms. The minimum Gasteiger partial charge on any atom is -0.478 e. The SMILES string of the molecule is O=Cc1occ(C2CC2)c1C(=O)O. The first-order valence-corrected chi connectivity index (χ1v) is 4.04. The molecule has 1 saturated carbocycles. The number of carbonyl (C=O) groups is 2. The standard InChI is InChI=1S/C9H8O4/c10-3-7-8(9(11)12)6(4-13-7)5-1-2-5/h3-5H,1-2H2,(H,11,12). The molecule has 0 spiro atoms. The second-order valence-electron chi connectivity index (χ2n) is 3.13. The van der Waals surface area contributed by atoms with Crippen molar-refractivity contribution in [3.63, 3.8) is 0 Å². The summed E-state index contributed by atoms with van der Waals surface area (Å²) < 4.78 is 4.86. The van der Waals surface area contributed by atoms with E-state index in [0.29, 0.717) is 11.8 Å². The first kappa shape index (κ1) is 8.04. The second-order valence-corrected chi connectivity index (χ2v) is 3.13. The van der Waals surface area contributed by atoms with E-state index in [0.717, 1.165) is 12.8 Å². The Kier molecular flexibility index (Phi) is 1.69. The highest BCUT2D eigenvalue weighted by atomic mass is 16.4. The Morgan fingerprint density at radius 1 is 1.62 bits per heavy atom. The Balaban J connectivity index is 2.49. The number of hydrogen-bond donors (Lipinski definition) is 1. The summed E-state index contributed by atoms with van der Waals surface area (Å²) in [6.07, 6.45) is 3.79. The minimum absolute atomic E-state index is 0.0394. The van der Waals surface area contributed by atoms with Gasteiger partial charge < -0.3 is 9.52 Å². The topological polar surface area (TPSA) is 67.5 Å². The average Bonchev–Trinajstić information content (AvgIpc) is 2.84. The van der Waals surface area contributed by atoms with E-state index in [2.05, 4.69) is 0 Å². The van der Waals surface area contributed by atoms with Crippen LogP contribution in [0.15, 0.2) is 10.7 Å². The van der Waals surface area contributed by atoms with Gasteiger partial charge in [-0.3, -0.25) is 4.79 Å². The summed E-state index contributed by atoms with van der Waals surface area (Å²) in [6.45, 7) is 0. The third kappa shape index (κ3) is 1.24. The number of aldehydes is 1. The van der Waals surface area contributed by atoms with Gasteiger partial charge in [0, 0.05) is 5.56 Å². The normalized spacial score (nSPS) is 15.7. The zero-order valence-electron chi connectivity index (χ0n) is 6.82. The molecule has 0 aromatic carbocycles. The quantitative estimate of drug-likeness (QED) is 0.718. The molecule has 0 saturated heterocycles. The Morgan fingerprint density at radius 2 is 2.31 bits per heavy atom. The van der Waals surface area contributed by atoms with E-state index >= 15 is 0 Å². The van der Waals surface area contributed by atoms with Crippen LogP contribution >= 0.6 is 0 Å². The molecule has 0 radical (unpaired) electrons. The van der Waals surface area contributed by atoms with Crippen molar-refractivity contribution >= 4 is 12.3 Å². The highest BCUT2D eigenvalue weighted by Gasteiger charge is 2.32. The highest BCUT2D eigenvalue weighted by Crippen LogP contribution is 2.42. The number of carboxylic acid groups (broad SMARTS) is 1. The number of aromatic carboxylic acids is 1. The van der Waals surface area contributed by atoms with Gasteiger partial charge in [-0.15, -0.1) is 0 Å². The molecule has 1 aromatic rings. The molecule has 68 valence electrons. The molecule has 2 rings (SSSR count). The van der Waals surface area contributed by atoms with Crippen LogP contribution in [0.3, 0.4) is 0 Å². The van der Waals surface area contributed by atoms with Crippen molar-refractivity contribution in [1.82, 2.24) is 0 Å². The molecule has 1 aliphatic rings. The summed E-state index contributed by atoms with van der Waals surface area (Å²) in [5, 5.41) is 8.82. The largest absolute Gasteiger partial charge is 0.478 e. The zero-order valence-corrected chi connectivity index (χ0v) is 6.82. The molecule has 0 bridgehead atoms. The predicted molar refractivity (Wildman–Crippen MR) is 43.0 cm³/mol. The third-order valence-corrected chi connectivity index (χ3v) is 2.19. The first-order chi connectivity index (χ1) is 6.24. The lowest BCUT2D eigenvalue weighted by Gasteiger charge is -1.93. The van der Waals surface area contributed by atoms with Gasteiger partial charge in [0.25, 0.3) is 0 Å². The van der Waals surface area contributed by atoms with Crippen LogP contribution in [-0.4, -0.2) is 17.4 Å². The van der Waals surface area contributed by atoms with E-state index in [4.69, 9.17) is 9.52 Å². The van der Waals surface area contributed by atoms with Gasteiger partial charge in [-0.25, -0.2) is 4.79 Å². The molecule has 0 unspecified atom stereocenters. The van der Waals surface area contributed by atoms with Crippen LogP contribution < -0.4 is 0 Å². The summed E-state index contributed by atoms with van der Waals surface area (Å²) >= 11 is 0. The smallest absolute Gasteiger partial charge is 0.340 e. The molecular weight excluding hydrogens is 172 g/mol. The molecule has 1 heterocycles. The molecular formula is C9H8O4. The molecule has 1 aromatic heterocycles. The van der Waals surface area contributed by atoms with Crippen molar-refractivity contribution < 1.29 is 19.1 Å². The van der Waals surface area contributed by atoms with Crippen molar-refractivity contribution in [1.29, 1.82) is 0 Å². The first-order valence-electron chi connectivity index (χ1n) is 4.04. The molecule has 1 N–H and O–H groups in total. The van der Waals surface area contributed by atoms with Gasteiger partial charge in [-0.1, -0.05) is 0 Å². The third-order valence-electron chi connectivity index (χ3n) is 2.19. The fourth-order valence-electron chi connectivity index (χ4n) is 1.40. The molecule has 0 atom stereocenters. The number of hydrogen-bond acceptors (Lipinski definition) is 3. The van der Waals surface area contributed by atoms with Crippen molar-refractivity contribution in [3.8, 4) is 0 Å². The molecule has 1 aliphatic carbocycles. The van der Waals surface area contributed by atoms with E-state index in [1.54, 1.807) is 0 Å². The van der Waals surface area contributed by atoms with Gasteiger partial charge in [0.2, 0.25) is 0 Å². The second kappa shape index (κ2) is 2.73. The highest BCUT2D eigenvalue weighted by molar-refractivity contribution is 5.97. The van der Waals surface area contributed by atoms with Gasteiger partial charge in [0.1, 0.15) is 5.56 Å². The summed E-state index contributed by atoms with van der Waals surface area (Å²) in [5.74, 6) is -0.879. The lowest BCUT2D eigenvalue weighted by molar-refractivity contribution is 0.0691. The molecule has 4 nitrogen and oxygen atoms in total. The fraction of sp³-hybridized carbons (Fsp3) is 0.333. The van der Waals surface area contributed by atoms with E-state index in [-0.39, 0.29) is 17.2 Å². The van der Waals surface area contributed by atoms with E-state index < -0.39 is 5.97 Å². The minimum atomic E-state index is -1.09. The molecule has 0 amide bonds. The van der Waals surface area contributed by atoms with Gasteiger partial charge >= 0.3 is 5.97 Å². The molecule has 4 heteroatoms. The van der Waals surface area contributed by atoms with Gasteiger partial charge in [-0.2, -0.15) is 0 Å². The summed E-state index contributed by atoms with van der Waals surface area (Å²) in [5.41, 5.74) is 0.701. The Hall–Kier alpha value is -1.58. The number of rotatable bonds is 3. The van der Waals surface area contributed by atoms with Crippen molar-refractivity contribution in [2.24, 2.45) is 0 Å². The Morgan fingerprint density at radius 3 is 2.77 bits per heavy atom. The van der Waals surface area contributed by atoms with Crippen molar-refractivity contribution in [2.45, 2.75) is 18.8 Å². The lowest BCUT2D eigenvalue weighted by atomic mass is 10.1. The molecule has 1 fully saturated rings. The maximum absolute atomic E-state index is 10.8. The number of carboxylic acids is 1. The van der Waals surface area contributed by atoms with Crippen LogP contribution in [0.5, 0.6) is 0 Å². The fourth-order valence-corrected chi connectivity index (χ4v) is 1.40. The van der Waals surface area contributed by atoms with Gasteiger partial charge in [-0.05, 0) is 18.8 Å². The van der Waals surface area contributed by atoms with Crippen LogP contribution in [0, 0.1) is 0 Å². The number of furan rings is 1. The van der Waals surface area contributed by atoms with E-state index in [1.165, 1.54) is 6.26 Å². The van der Waals surface area contributed by atoms with E-state index in [9.17, 15) is 9.59 Å². The van der Waals surface area contributed by atoms with Gasteiger partial charge in [0.05, 0.1) is 6.26 Å². The summed E-state index contributed by atoms with van der Waals surface area (Å²) in [6, 6.07) is 0. The number of carbonyl (C=O) groups excluding carboxylic acids is 1. The van der Waals surface area contributed by atoms with Crippen molar-refractivity contribution in [2.75, 3.05) is 0 Å². The monoisotopic (exact) mass is 180 g/mol. The lowest BCUT2D eigenvalue weighted by Crippen LogP contribution is -2.01. The maximum atomic E-state index is 10.8. The average molecular weight is 180 g/mol. The van der Waals surface area contributed by atoms with Crippen LogP contribution in [0.1, 0.15) is 45.2 Å². The maximum Gasteiger partial charge on any atom is 0.340 e. The zero-order chi connectivity index (χ0) is 9.42. The van der Waals surface area contributed by atoms with E-state index in [1.807, 2.05) is 0 Å². The van der Waals surface area contributed by atoms with Crippen LogP contribution in [0.4, 0.5) is 0 Å². The Bertz CT molecular complexity index is 360. The summed E-state index contributed by atoms with van der Waals surface area (Å²) in [7, 11) is 0. The van der Waals surface area contributed by atoms with Crippen LogP contribution in [-0.2, 0) is 0 Å². The predicted octanol–water partition coefficient (Wildman–Crippen LogP) is 1.67. The van der Waals surface area contributed by atoms with Crippen LogP contribution in [0.25, 0.3) is 0 Å². The molecule has 0 aliphatic heterocycles.